The maximum atomic E-state index is 13.9. The van der Waals surface area contributed by atoms with E-state index >= 15 is 0 Å². The summed E-state index contributed by atoms with van der Waals surface area (Å²) in [6.45, 7) is 15.5. The number of pyridine rings is 1. The Hall–Kier alpha value is -5.18. The molecule has 0 saturated carbocycles. The van der Waals surface area contributed by atoms with Gasteiger partial charge in [0.1, 0.15) is 11.5 Å². The number of fused-ring (bicyclic) bond motifs is 3. The van der Waals surface area contributed by atoms with Gasteiger partial charge in [0.25, 0.3) is 5.91 Å². The minimum Gasteiger partial charge on any atom is -0.392 e. The molecule has 3 aromatic heterocycles. The highest BCUT2D eigenvalue weighted by Crippen LogP contribution is 2.40. The van der Waals surface area contributed by atoms with E-state index in [1.807, 2.05) is 24.3 Å². The van der Waals surface area contributed by atoms with Crippen molar-refractivity contribution in [2.45, 2.75) is 71.7 Å². The number of aliphatic hydroxyl groups excluding tert-OH is 1. The Morgan fingerprint density at radius 1 is 1.11 bits per heavy atom. The third kappa shape index (κ3) is 6.85. The number of piperazine rings is 1. The van der Waals surface area contributed by atoms with Crippen molar-refractivity contribution in [3.8, 4) is 11.3 Å². The summed E-state index contributed by atoms with van der Waals surface area (Å²) in [5.41, 5.74) is 7.11. The van der Waals surface area contributed by atoms with Crippen molar-refractivity contribution in [3.63, 3.8) is 0 Å². The number of anilines is 5. The molecule has 8 rings (SSSR count). The molecule has 282 valence electrons. The van der Waals surface area contributed by atoms with E-state index in [-0.39, 0.29) is 35.8 Å². The molecule has 1 aromatic carbocycles. The summed E-state index contributed by atoms with van der Waals surface area (Å²) in [5, 5.41) is 25.4. The zero-order chi connectivity index (χ0) is 37.6. The summed E-state index contributed by atoms with van der Waals surface area (Å²) in [6, 6.07) is 10.4. The summed E-state index contributed by atoms with van der Waals surface area (Å²) >= 11 is 0. The molecule has 1 aliphatic carbocycles. The Labute approximate surface area is 315 Å². The molecule has 2 amide bonds. The van der Waals surface area contributed by atoms with Crippen LogP contribution in [-0.2, 0) is 35.5 Å². The lowest BCUT2D eigenvalue weighted by atomic mass is 9.90. The molecule has 0 bridgehead atoms. The monoisotopic (exact) mass is 732 g/mol. The first-order valence-corrected chi connectivity index (χ1v) is 18.9. The number of hydrogen-bond donors (Lipinski definition) is 3. The second-order valence-corrected chi connectivity index (χ2v) is 15.5. The average molecular weight is 733 g/mol. The van der Waals surface area contributed by atoms with Crippen molar-refractivity contribution in [1.29, 1.82) is 0 Å². The smallest absolute Gasteiger partial charge is 0.276 e. The summed E-state index contributed by atoms with van der Waals surface area (Å²) < 4.78 is 7.75. The third-order valence-corrected chi connectivity index (χ3v) is 11.3. The van der Waals surface area contributed by atoms with Crippen LogP contribution in [0.3, 0.4) is 0 Å². The van der Waals surface area contributed by atoms with E-state index in [0.717, 1.165) is 64.2 Å². The van der Waals surface area contributed by atoms with E-state index in [4.69, 9.17) is 9.72 Å². The minimum atomic E-state index is -0.351. The highest BCUT2D eigenvalue weighted by molar-refractivity contribution is 6.06. The van der Waals surface area contributed by atoms with Gasteiger partial charge in [-0.3, -0.25) is 19.4 Å². The quantitative estimate of drug-likeness (QED) is 0.208. The first-order chi connectivity index (χ1) is 26.1. The van der Waals surface area contributed by atoms with Crippen molar-refractivity contribution >= 4 is 40.6 Å². The normalized spacial score (nSPS) is 20.1. The Bertz CT molecular complexity index is 2090. The number of aromatic nitrogens is 5. The molecule has 4 aromatic rings. The number of benzene rings is 1. The lowest BCUT2D eigenvalue weighted by Crippen LogP contribution is -2.56. The van der Waals surface area contributed by atoms with Gasteiger partial charge in [0.05, 0.1) is 29.9 Å². The molecule has 3 aliphatic heterocycles. The molecule has 0 radical (unpaired) electrons. The zero-order valence-corrected chi connectivity index (χ0v) is 31.2. The lowest BCUT2D eigenvalue weighted by molar-refractivity contribution is -0.111. The number of hydrogen-bond acceptors (Lipinski definition) is 11. The number of carbonyl (C=O) groups is 2. The van der Waals surface area contributed by atoms with Gasteiger partial charge in [-0.2, -0.15) is 5.10 Å². The standard InChI is InChI=1S/C40H48N10O4/c1-5-36(52)44-31-19-27(6-7-33(31)48-13-12-47(23-25(48)2)28-9-16-54-17-10-28)43-39-45-32(22-42-46-39)29-8-11-41-37(30(29)24-51)50-15-14-49-34(38(50)53)18-26-20-40(3,4)21-35(26)49/h5-8,11,18-19,22,25,28,51H,1,9-10,12-17,20-21,23-24H2,2-4H3,(H,44,52)(H,43,45,46)/t25-/m0/s1. The first kappa shape index (κ1) is 35.8. The molecule has 54 heavy (non-hydrogen) atoms. The van der Waals surface area contributed by atoms with Crippen LogP contribution in [0.2, 0.25) is 0 Å². The van der Waals surface area contributed by atoms with Crippen LogP contribution in [0.1, 0.15) is 60.9 Å². The van der Waals surface area contributed by atoms with Gasteiger partial charge in [0.15, 0.2) is 0 Å². The van der Waals surface area contributed by atoms with E-state index in [1.165, 1.54) is 23.5 Å². The van der Waals surface area contributed by atoms with Crippen molar-refractivity contribution in [2.75, 3.05) is 59.8 Å². The van der Waals surface area contributed by atoms with Crippen LogP contribution in [0.25, 0.3) is 11.3 Å². The largest absolute Gasteiger partial charge is 0.392 e. The van der Waals surface area contributed by atoms with Gasteiger partial charge in [-0.05, 0) is 80.0 Å². The van der Waals surface area contributed by atoms with Crippen LogP contribution in [0.15, 0.2) is 55.4 Å². The van der Waals surface area contributed by atoms with Gasteiger partial charge >= 0.3 is 0 Å². The highest BCUT2D eigenvalue weighted by atomic mass is 16.5. The van der Waals surface area contributed by atoms with Crippen LogP contribution in [0.4, 0.5) is 28.8 Å². The lowest BCUT2D eigenvalue weighted by Gasteiger charge is -2.45. The Kier molecular flexibility index (Phi) is 9.67. The molecule has 6 heterocycles. The molecule has 2 fully saturated rings. The second-order valence-electron chi connectivity index (χ2n) is 15.5. The third-order valence-electron chi connectivity index (χ3n) is 11.3. The summed E-state index contributed by atoms with van der Waals surface area (Å²) in [6.07, 6.45) is 8.43. The van der Waals surface area contributed by atoms with Crippen LogP contribution in [0, 0.1) is 5.41 Å². The summed E-state index contributed by atoms with van der Waals surface area (Å²) in [5.74, 6) is 0.197. The fraction of sp³-hybridized carbons (Fsp3) is 0.450. The molecular formula is C40H48N10O4. The van der Waals surface area contributed by atoms with Crippen molar-refractivity contribution in [1.82, 2.24) is 29.6 Å². The minimum absolute atomic E-state index is 0.130. The highest BCUT2D eigenvalue weighted by Gasteiger charge is 2.38. The second kappa shape index (κ2) is 14.6. The molecule has 4 aliphatic rings. The van der Waals surface area contributed by atoms with Crippen LogP contribution in [0.5, 0.6) is 0 Å². The molecule has 3 N–H and O–H groups in total. The Balaban J connectivity index is 1.03. The van der Waals surface area contributed by atoms with Crippen molar-refractivity contribution < 1.29 is 19.4 Å². The van der Waals surface area contributed by atoms with Gasteiger partial charge in [-0.15, -0.1) is 5.10 Å². The maximum Gasteiger partial charge on any atom is 0.276 e. The van der Waals surface area contributed by atoms with Crippen LogP contribution in [-0.4, -0.2) is 98.0 Å². The van der Waals surface area contributed by atoms with Crippen molar-refractivity contribution in [3.05, 3.63) is 77.9 Å². The topological polar surface area (TPSA) is 154 Å². The number of nitrogens with one attached hydrogen (secondary N) is 2. The first-order valence-electron chi connectivity index (χ1n) is 18.9. The fourth-order valence-corrected chi connectivity index (χ4v) is 8.71. The molecular weight excluding hydrogens is 685 g/mol. The number of carbonyl (C=O) groups excluding carboxylic acids is 2. The molecule has 2 saturated heterocycles. The van der Waals surface area contributed by atoms with Crippen molar-refractivity contribution in [2.24, 2.45) is 5.41 Å². The average Bonchev–Trinajstić information content (AvgIpc) is 3.67. The van der Waals surface area contributed by atoms with E-state index in [1.54, 1.807) is 17.2 Å². The summed E-state index contributed by atoms with van der Waals surface area (Å²) in [7, 11) is 0. The number of rotatable bonds is 9. The van der Waals surface area contributed by atoms with Gasteiger partial charge in [0, 0.05) is 86.7 Å². The zero-order valence-electron chi connectivity index (χ0n) is 31.2. The predicted octanol–water partition coefficient (Wildman–Crippen LogP) is 4.57. The molecule has 0 unspecified atom stereocenters. The Morgan fingerprint density at radius 2 is 1.94 bits per heavy atom. The van der Waals surface area contributed by atoms with Gasteiger partial charge in [-0.25, -0.2) is 9.97 Å². The fourth-order valence-electron chi connectivity index (χ4n) is 8.71. The SMILES string of the molecule is C=CC(=O)Nc1cc(Nc2nncc(-c3ccnc(N4CCn5c(cc6c5CC(C)(C)C6)C4=O)c3CO)n2)ccc1N1CCN(C2CCOCC2)C[C@@H]1C. The predicted molar refractivity (Wildman–Crippen MR) is 207 cm³/mol. The summed E-state index contributed by atoms with van der Waals surface area (Å²) in [4.78, 5) is 42.4. The van der Waals surface area contributed by atoms with Crippen LogP contribution >= 0.6 is 0 Å². The molecule has 14 heteroatoms. The maximum absolute atomic E-state index is 13.9. The number of ether oxygens (including phenoxy) is 1. The Morgan fingerprint density at radius 3 is 2.72 bits per heavy atom. The van der Waals surface area contributed by atoms with Gasteiger partial charge in [-0.1, -0.05) is 20.4 Å². The molecule has 1 atom stereocenters. The number of aliphatic hydroxyl groups is 1. The van der Waals surface area contributed by atoms with E-state index in [9.17, 15) is 14.7 Å². The molecule has 14 nitrogen and oxygen atoms in total. The van der Waals surface area contributed by atoms with Gasteiger partial charge in [0.2, 0.25) is 11.9 Å². The number of amides is 2. The number of nitrogens with zero attached hydrogens (tertiary/aromatic N) is 8. The van der Waals surface area contributed by atoms with Gasteiger partial charge < -0.3 is 29.9 Å². The van der Waals surface area contributed by atoms with E-state index in [2.05, 4.69) is 67.5 Å². The molecule has 0 spiro atoms. The van der Waals surface area contributed by atoms with E-state index in [0.29, 0.717) is 58.8 Å². The van der Waals surface area contributed by atoms with E-state index < -0.39 is 0 Å². The van der Waals surface area contributed by atoms with Crippen LogP contribution < -0.4 is 20.4 Å².